The zero-order valence-corrected chi connectivity index (χ0v) is 11.4. The maximum atomic E-state index is 12.3. The van der Waals surface area contributed by atoms with E-state index in [9.17, 15) is 8.42 Å². The molecule has 3 heterocycles. The minimum Gasteiger partial charge on any atom is -0.255 e. The molecule has 0 unspecified atom stereocenters. The Morgan fingerprint density at radius 2 is 1.79 bits per heavy atom. The lowest BCUT2D eigenvalue weighted by Gasteiger charge is -2.01. The number of pyridine rings is 1. The van der Waals surface area contributed by atoms with Crippen molar-refractivity contribution in [2.24, 2.45) is 0 Å². The monoisotopic (exact) mass is 290 g/mol. The third kappa shape index (κ3) is 2.20. The molecule has 0 amide bonds. The van der Waals surface area contributed by atoms with Gasteiger partial charge in [-0.3, -0.25) is 4.98 Å². The standard InChI is InChI=1S/C13H10N2O2S2/c16-19(17,15-9-3-4-10-15)13-7-6-12(18-13)11-5-1-2-8-14-11/h1-10H. The molecule has 0 fully saturated rings. The Morgan fingerprint density at radius 3 is 2.47 bits per heavy atom. The van der Waals surface area contributed by atoms with Gasteiger partial charge in [0, 0.05) is 18.6 Å². The van der Waals surface area contributed by atoms with E-state index in [-0.39, 0.29) is 0 Å². The normalized spacial score (nSPS) is 11.6. The predicted octanol–water partition coefficient (Wildman–Crippen LogP) is 2.85. The molecule has 6 heteroatoms. The van der Waals surface area contributed by atoms with Crippen molar-refractivity contribution in [3.8, 4) is 10.6 Å². The summed E-state index contributed by atoms with van der Waals surface area (Å²) in [5.41, 5.74) is 0.779. The fraction of sp³-hybridized carbons (Fsp3) is 0. The van der Waals surface area contributed by atoms with Crippen LogP contribution in [0.25, 0.3) is 10.6 Å². The van der Waals surface area contributed by atoms with Gasteiger partial charge in [-0.15, -0.1) is 11.3 Å². The van der Waals surface area contributed by atoms with Crippen LogP contribution in [0.1, 0.15) is 0 Å². The summed E-state index contributed by atoms with van der Waals surface area (Å²) in [6.07, 6.45) is 4.74. The molecule has 4 nitrogen and oxygen atoms in total. The Hall–Kier alpha value is -1.92. The molecule has 0 aliphatic carbocycles. The molecule has 0 radical (unpaired) electrons. The maximum absolute atomic E-state index is 12.3. The Morgan fingerprint density at radius 1 is 1.00 bits per heavy atom. The summed E-state index contributed by atoms with van der Waals surface area (Å²) in [5, 5.41) is 0. The molecule has 0 atom stereocenters. The van der Waals surface area contributed by atoms with Gasteiger partial charge in [-0.1, -0.05) is 6.07 Å². The highest BCUT2D eigenvalue weighted by molar-refractivity contribution is 7.92. The second-order valence-corrected chi connectivity index (χ2v) is 7.01. The van der Waals surface area contributed by atoms with Crippen molar-refractivity contribution in [2.75, 3.05) is 0 Å². The Bertz CT molecular complexity index is 775. The smallest absolute Gasteiger partial charge is 0.255 e. The molecule has 0 aromatic carbocycles. The van der Waals surface area contributed by atoms with E-state index in [1.54, 1.807) is 30.5 Å². The first-order chi connectivity index (χ1) is 9.18. The summed E-state index contributed by atoms with van der Waals surface area (Å²) in [6, 6.07) is 12.3. The van der Waals surface area contributed by atoms with Crippen LogP contribution in [0.2, 0.25) is 0 Å². The van der Waals surface area contributed by atoms with Gasteiger partial charge < -0.3 is 0 Å². The molecule has 3 rings (SSSR count). The summed E-state index contributed by atoms with van der Waals surface area (Å²) >= 11 is 1.22. The summed E-state index contributed by atoms with van der Waals surface area (Å²) in [6.45, 7) is 0. The molecule has 19 heavy (non-hydrogen) atoms. The van der Waals surface area contributed by atoms with Gasteiger partial charge in [0.1, 0.15) is 4.21 Å². The van der Waals surface area contributed by atoms with Crippen LogP contribution < -0.4 is 0 Å². The van der Waals surface area contributed by atoms with Crippen molar-refractivity contribution in [1.29, 1.82) is 0 Å². The highest BCUT2D eigenvalue weighted by Gasteiger charge is 2.18. The third-order valence-electron chi connectivity index (χ3n) is 2.61. The van der Waals surface area contributed by atoms with Crippen molar-refractivity contribution < 1.29 is 8.42 Å². The van der Waals surface area contributed by atoms with E-state index in [2.05, 4.69) is 4.98 Å². The second kappa shape index (κ2) is 4.64. The third-order valence-corrected chi connectivity index (χ3v) is 5.83. The van der Waals surface area contributed by atoms with Crippen LogP contribution in [0, 0.1) is 0 Å². The van der Waals surface area contributed by atoms with Crippen molar-refractivity contribution >= 4 is 21.4 Å². The molecule has 3 aromatic heterocycles. The van der Waals surface area contributed by atoms with Crippen LogP contribution in [0.4, 0.5) is 0 Å². The summed E-state index contributed by atoms with van der Waals surface area (Å²) in [5.74, 6) is 0. The summed E-state index contributed by atoms with van der Waals surface area (Å²) < 4.78 is 26.1. The van der Waals surface area contributed by atoms with Crippen LogP contribution in [-0.4, -0.2) is 17.4 Å². The Labute approximate surface area is 115 Å². The summed E-state index contributed by atoms with van der Waals surface area (Å²) in [7, 11) is -3.48. The van der Waals surface area contributed by atoms with E-state index in [4.69, 9.17) is 0 Å². The van der Waals surface area contributed by atoms with E-state index < -0.39 is 10.0 Å². The molecule has 0 bridgehead atoms. The van der Waals surface area contributed by atoms with Crippen LogP contribution in [0.15, 0.2) is 65.3 Å². The van der Waals surface area contributed by atoms with Crippen molar-refractivity contribution in [3.63, 3.8) is 0 Å². The first-order valence-electron chi connectivity index (χ1n) is 5.58. The molecule has 0 saturated carbocycles. The maximum Gasteiger partial charge on any atom is 0.277 e. The molecule has 0 aliphatic heterocycles. The molecule has 0 spiro atoms. The van der Waals surface area contributed by atoms with E-state index in [0.29, 0.717) is 4.21 Å². The first kappa shape index (κ1) is 12.1. The van der Waals surface area contributed by atoms with Gasteiger partial charge in [0.05, 0.1) is 10.6 Å². The van der Waals surface area contributed by atoms with Gasteiger partial charge >= 0.3 is 0 Å². The van der Waals surface area contributed by atoms with Crippen molar-refractivity contribution in [3.05, 3.63) is 61.1 Å². The highest BCUT2D eigenvalue weighted by Crippen LogP contribution is 2.30. The number of nitrogens with zero attached hydrogens (tertiary/aromatic N) is 2. The molecule has 0 aliphatic rings. The van der Waals surface area contributed by atoms with Gasteiger partial charge in [-0.05, 0) is 36.4 Å². The van der Waals surface area contributed by atoms with Crippen LogP contribution >= 0.6 is 11.3 Å². The molecule has 0 saturated heterocycles. The zero-order chi connectivity index (χ0) is 13.3. The molecular weight excluding hydrogens is 280 g/mol. The van der Waals surface area contributed by atoms with Gasteiger partial charge in [0.25, 0.3) is 10.0 Å². The minimum absolute atomic E-state index is 0.310. The Kier molecular flexibility index (Phi) is 2.96. The predicted molar refractivity (Wildman–Crippen MR) is 74.6 cm³/mol. The summed E-state index contributed by atoms with van der Waals surface area (Å²) in [4.78, 5) is 5.06. The van der Waals surface area contributed by atoms with Gasteiger partial charge in [-0.2, -0.15) is 8.42 Å². The number of hydrogen-bond donors (Lipinski definition) is 0. The SMILES string of the molecule is O=S(=O)(c1ccc(-c2ccccn2)s1)n1cccc1. The topological polar surface area (TPSA) is 52.0 Å². The molecule has 3 aromatic rings. The number of thiophene rings is 1. The van der Waals surface area contributed by atoms with Crippen molar-refractivity contribution in [2.45, 2.75) is 4.21 Å². The van der Waals surface area contributed by atoms with E-state index in [0.717, 1.165) is 10.6 Å². The zero-order valence-electron chi connectivity index (χ0n) is 9.80. The van der Waals surface area contributed by atoms with Gasteiger partial charge in [0.2, 0.25) is 0 Å². The average molecular weight is 290 g/mol. The second-order valence-electron chi connectivity index (χ2n) is 3.85. The lowest BCUT2D eigenvalue weighted by atomic mass is 10.3. The lowest BCUT2D eigenvalue weighted by molar-refractivity contribution is 0.589. The largest absolute Gasteiger partial charge is 0.277 e. The highest BCUT2D eigenvalue weighted by atomic mass is 32.2. The average Bonchev–Trinajstić information content (AvgIpc) is 3.12. The number of aromatic nitrogens is 2. The lowest BCUT2D eigenvalue weighted by Crippen LogP contribution is -2.08. The quantitative estimate of drug-likeness (QED) is 0.745. The molecule has 0 N–H and O–H groups in total. The van der Waals surface area contributed by atoms with Gasteiger partial charge in [-0.25, -0.2) is 3.97 Å². The minimum atomic E-state index is -3.48. The van der Waals surface area contributed by atoms with Crippen molar-refractivity contribution in [1.82, 2.24) is 8.96 Å². The number of hydrogen-bond acceptors (Lipinski definition) is 4. The van der Waals surface area contributed by atoms with Crippen LogP contribution in [0.5, 0.6) is 0 Å². The fourth-order valence-electron chi connectivity index (χ4n) is 1.69. The fourth-order valence-corrected chi connectivity index (χ4v) is 4.26. The molecule has 96 valence electrons. The molecular formula is C13H10N2O2S2. The number of rotatable bonds is 3. The van der Waals surface area contributed by atoms with Crippen LogP contribution in [-0.2, 0) is 10.0 Å². The van der Waals surface area contributed by atoms with Gasteiger partial charge in [0.15, 0.2) is 0 Å². The van der Waals surface area contributed by atoms with E-state index >= 15 is 0 Å². The van der Waals surface area contributed by atoms with E-state index in [1.807, 2.05) is 18.2 Å². The Balaban J connectivity index is 2.03. The van der Waals surface area contributed by atoms with Crippen LogP contribution in [0.3, 0.4) is 0 Å². The van der Waals surface area contributed by atoms with E-state index in [1.165, 1.54) is 27.7 Å². The first-order valence-corrected chi connectivity index (χ1v) is 7.83.